The van der Waals surface area contributed by atoms with Gasteiger partial charge in [-0.3, -0.25) is 0 Å². The molecule has 18 heavy (non-hydrogen) atoms. The summed E-state index contributed by atoms with van der Waals surface area (Å²) >= 11 is 3.42. The first-order chi connectivity index (χ1) is 8.47. The molecule has 1 aromatic carbocycles. The van der Waals surface area contributed by atoms with Crippen LogP contribution in [0.1, 0.15) is 45.7 Å². The normalized spacial score (nSPS) is 14.8. The van der Waals surface area contributed by atoms with Gasteiger partial charge in [0.2, 0.25) is 0 Å². The average molecular weight is 316 g/mol. The van der Waals surface area contributed by atoms with Gasteiger partial charge in [0.15, 0.2) is 0 Å². The van der Waals surface area contributed by atoms with Gasteiger partial charge in [0, 0.05) is 16.1 Å². The second-order valence-electron chi connectivity index (χ2n) is 5.20. The minimum atomic E-state index is -0.126. The molecule has 0 bridgehead atoms. The lowest BCUT2D eigenvalue weighted by Gasteiger charge is -2.29. The molecular weight excluding hydrogens is 293 g/mol. The van der Waals surface area contributed by atoms with Crippen molar-refractivity contribution in [3.63, 3.8) is 0 Å². The maximum absolute atomic E-state index is 14.0. The Hall–Kier alpha value is -0.410. The van der Waals surface area contributed by atoms with Crippen LogP contribution in [-0.2, 0) is 0 Å². The van der Waals surface area contributed by atoms with E-state index in [4.69, 9.17) is 0 Å². The van der Waals surface area contributed by atoms with Gasteiger partial charge in [0.05, 0.1) is 0 Å². The third-order valence-corrected chi connectivity index (χ3v) is 3.98. The molecule has 0 aliphatic carbocycles. The molecule has 0 heterocycles. The van der Waals surface area contributed by atoms with E-state index < -0.39 is 0 Å². The SMILES string of the molecule is CCCNC(c1cc(Br)ccc1F)C(C)C(C)C. The maximum Gasteiger partial charge on any atom is 0.128 e. The minimum Gasteiger partial charge on any atom is -0.310 e. The standard InChI is InChI=1S/C15H23BrFN/c1-5-8-18-15(11(4)10(2)3)13-9-12(16)6-7-14(13)17/h6-7,9-11,15,18H,5,8H2,1-4H3. The van der Waals surface area contributed by atoms with Crippen molar-refractivity contribution in [2.24, 2.45) is 11.8 Å². The summed E-state index contributed by atoms with van der Waals surface area (Å²) in [6.45, 7) is 9.58. The molecule has 0 saturated heterocycles. The van der Waals surface area contributed by atoms with E-state index in [1.807, 2.05) is 6.07 Å². The molecule has 1 N–H and O–H groups in total. The number of hydrogen-bond donors (Lipinski definition) is 1. The third-order valence-electron chi connectivity index (χ3n) is 3.48. The van der Waals surface area contributed by atoms with Crippen LogP contribution in [0.3, 0.4) is 0 Å². The first-order valence-corrected chi connectivity index (χ1v) is 7.45. The maximum atomic E-state index is 14.0. The number of benzene rings is 1. The fourth-order valence-electron chi connectivity index (χ4n) is 2.02. The lowest BCUT2D eigenvalue weighted by molar-refractivity contribution is 0.297. The van der Waals surface area contributed by atoms with E-state index in [1.165, 1.54) is 6.07 Å². The Kier molecular flexibility index (Phi) is 6.30. The van der Waals surface area contributed by atoms with Crippen molar-refractivity contribution in [1.29, 1.82) is 0 Å². The second-order valence-corrected chi connectivity index (χ2v) is 6.12. The van der Waals surface area contributed by atoms with E-state index in [-0.39, 0.29) is 11.9 Å². The smallest absolute Gasteiger partial charge is 0.128 e. The quantitative estimate of drug-likeness (QED) is 0.785. The first kappa shape index (κ1) is 15.6. The van der Waals surface area contributed by atoms with Gasteiger partial charge in [0.1, 0.15) is 5.82 Å². The number of hydrogen-bond acceptors (Lipinski definition) is 1. The Morgan fingerprint density at radius 1 is 1.28 bits per heavy atom. The Morgan fingerprint density at radius 3 is 2.50 bits per heavy atom. The molecular formula is C15H23BrFN. The topological polar surface area (TPSA) is 12.0 Å². The summed E-state index contributed by atoms with van der Waals surface area (Å²) in [4.78, 5) is 0. The molecule has 0 aromatic heterocycles. The van der Waals surface area contributed by atoms with Gasteiger partial charge in [-0.05, 0) is 43.0 Å². The molecule has 0 fully saturated rings. The van der Waals surface area contributed by atoms with E-state index >= 15 is 0 Å². The summed E-state index contributed by atoms with van der Waals surface area (Å²) in [6.07, 6.45) is 1.05. The molecule has 1 rings (SSSR count). The van der Waals surface area contributed by atoms with Crippen molar-refractivity contribution in [1.82, 2.24) is 5.32 Å². The second kappa shape index (κ2) is 7.25. The van der Waals surface area contributed by atoms with Crippen LogP contribution in [0.5, 0.6) is 0 Å². The van der Waals surface area contributed by atoms with Gasteiger partial charge >= 0.3 is 0 Å². The molecule has 1 aromatic rings. The van der Waals surface area contributed by atoms with E-state index in [9.17, 15) is 4.39 Å². The van der Waals surface area contributed by atoms with Crippen molar-refractivity contribution in [3.8, 4) is 0 Å². The summed E-state index contributed by atoms with van der Waals surface area (Å²) < 4.78 is 14.9. The monoisotopic (exact) mass is 315 g/mol. The first-order valence-electron chi connectivity index (χ1n) is 6.65. The summed E-state index contributed by atoms with van der Waals surface area (Å²) in [7, 11) is 0. The van der Waals surface area contributed by atoms with Crippen molar-refractivity contribution in [3.05, 3.63) is 34.1 Å². The molecule has 3 heteroatoms. The highest BCUT2D eigenvalue weighted by molar-refractivity contribution is 9.10. The molecule has 0 aliphatic rings. The van der Waals surface area contributed by atoms with E-state index in [1.54, 1.807) is 6.07 Å². The number of rotatable bonds is 6. The zero-order valence-corrected chi connectivity index (χ0v) is 13.2. The predicted molar refractivity (Wildman–Crippen MR) is 79.1 cm³/mol. The van der Waals surface area contributed by atoms with E-state index in [0.29, 0.717) is 11.8 Å². The lowest BCUT2D eigenvalue weighted by atomic mass is 9.86. The number of halogens is 2. The van der Waals surface area contributed by atoms with E-state index in [2.05, 4.69) is 48.9 Å². The highest BCUT2D eigenvalue weighted by atomic mass is 79.9. The van der Waals surface area contributed by atoms with Crippen LogP contribution in [0, 0.1) is 17.7 Å². The summed E-state index contributed by atoms with van der Waals surface area (Å²) in [5, 5.41) is 3.47. The van der Waals surface area contributed by atoms with Gasteiger partial charge in [-0.25, -0.2) is 4.39 Å². The molecule has 0 aliphatic heterocycles. The molecule has 102 valence electrons. The zero-order valence-electron chi connectivity index (χ0n) is 11.6. The molecule has 2 unspecified atom stereocenters. The van der Waals surface area contributed by atoms with Crippen LogP contribution in [-0.4, -0.2) is 6.54 Å². The Bertz CT molecular complexity index is 379. The Balaban J connectivity index is 3.04. The zero-order chi connectivity index (χ0) is 13.7. The van der Waals surface area contributed by atoms with Crippen LogP contribution in [0.25, 0.3) is 0 Å². The fourth-order valence-corrected chi connectivity index (χ4v) is 2.40. The van der Waals surface area contributed by atoms with Crippen molar-refractivity contribution in [2.75, 3.05) is 6.54 Å². The van der Waals surface area contributed by atoms with Gasteiger partial charge in [-0.15, -0.1) is 0 Å². The third kappa shape index (κ3) is 4.06. The Labute approximate surface area is 118 Å². The Morgan fingerprint density at radius 2 is 1.94 bits per heavy atom. The van der Waals surface area contributed by atoms with Crippen molar-refractivity contribution >= 4 is 15.9 Å². The molecule has 0 saturated carbocycles. The van der Waals surface area contributed by atoms with Crippen LogP contribution < -0.4 is 5.32 Å². The van der Waals surface area contributed by atoms with Crippen LogP contribution in [0.2, 0.25) is 0 Å². The average Bonchev–Trinajstić information content (AvgIpc) is 2.33. The van der Waals surface area contributed by atoms with Gasteiger partial charge in [-0.1, -0.05) is 43.6 Å². The van der Waals surface area contributed by atoms with Gasteiger partial charge < -0.3 is 5.32 Å². The summed E-state index contributed by atoms with van der Waals surface area (Å²) in [5.41, 5.74) is 0.763. The van der Waals surface area contributed by atoms with E-state index in [0.717, 1.165) is 23.0 Å². The fraction of sp³-hybridized carbons (Fsp3) is 0.600. The number of nitrogens with one attached hydrogen (secondary N) is 1. The molecule has 1 nitrogen and oxygen atoms in total. The highest BCUT2D eigenvalue weighted by Crippen LogP contribution is 2.31. The minimum absolute atomic E-state index is 0.0717. The molecule has 0 spiro atoms. The molecule has 2 atom stereocenters. The predicted octanol–water partition coefficient (Wildman–Crippen LogP) is 4.92. The summed E-state index contributed by atoms with van der Waals surface area (Å²) in [6, 6.07) is 5.24. The summed E-state index contributed by atoms with van der Waals surface area (Å²) in [5.74, 6) is 0.775. The van der Waals surface area contributed by atoms with Crippen molar-refractivity contribution < 1.29 is 4.39 Å². The van der Waals surface area contributed by atoms with Crippen LogP contribution in [0.4, 0.5) is 4.39 Å². The van der Waals surface area contributed by atoms with Gasteiger partial charge in [0.25, 0.3) is 0 Å². The van der Waals surface area contributed by atoms with Crippen LogP contribution >= 0.6 is 15.9 Å². The lowest BCUT2D eigenvalue weighted by Crippen LogP contribution is -2.31. The van der Waals surface area contributed by atoms with Crippen LogP contribution in [0.15, 0.2) is 22.7 Å². The molecule has 0 radical (unpaired) electrons. The van der Waals surface area contributed by atoms with Crippen molar-refractivity contribution in [2.45, 2.75) is 40.2 Å². The highest BCUT2D eigenvalue weighted by Gasteiger charge is 2.24. The van der Waals surface area contributed by atoms with Gasteiger partial charge in [-0.2, -0.15) is 0 Å². The molecule has 0 amide bonds. The largest absolute Gasteiger partial charge is 0.310 e.